The normalized spacial score (nSPS) is 14.5. The number of benzene rings is 1. The molecule has 2 aromatic rings. The molecule has 0 bridgehead atoms. The summed E-state index contributed by atoms with van der Waals surface area (Å²) >= 11 is 0. The van der Waals surface area contributed by atoms with E-state index in [9.17, 15) is 19.7 Å². The summed E-state index contributed by atoms with van der Waals surface area (Å²) in [5.74, 6) is -0.411. The van der Waals surface area contributed by atoms with Crippen molar-refractivity contribution in [3.05, 3.63) is 64.0 Å². The highest BCUT2D eigenvalue weighted by molar-refractivity contribution is 5.96. The minimum atomic E-state index is -0.607. The quantitative estimate of drug-likeness (QED) is 0.498. The van der Waals surface area contributed by atoms with Gasteiger partial charge in [0.2, 0.25) is 0 Å². The smallest absolute Gasteiger partial charge is 0.292 e. The summed E-state index contributed by atoms with van der Waals surface area (Å²) < 4.78 is 0. The zero-order valence-electron chi connectivity index (χ0n) is 14.6. The van der Waals surface area contributed by atoms with Crippen molar-refractivity contribution in [2.24, 2.45) is 0 Å². The molecule has 3 rings (SSSR count). The Balaban J connectivity index is 1.71. The molecule has 27 heavy (non-hydrogen) atoms. The molecule has 140 valence electrons. The van der Waals surface area contributed by atoms with Crippen LogP contribution in [-0.2, 0) is 0 Å². The molecule has 0 radical (unpaired) electrons. The van der Waals surface area contributed by atoms with E-state index in [1.165, 1.54) is 18.2 Å². The second-order valence-electron chi connectivity index (χ2n) is 6.20. The molecule has 0 atom stereocenters. The Morgan fingerprint density at radius 1 is 0.963 bits per heavy atom. The second-order valence-corrected chi connectivity index (χ2v) is 6.20. The van der Waals surface area contributed by atoms with Crippen LogP contribution in [0.1, 0.15) is 27.1 Å². The summed E-state index contributed by atoms with van der Waals surface area (Å²) in [4.78, 5) is 42.9. The molecule has 2 amide bonds. The van der Waals surface area contributed by atoms with Crippen LogP contribution in [0.3, 0.4) is 0 Å². The summed E-state index contributed by atoms with van der Waals surface area (Å²) in [6.45, 7) is 1.75. The fraction of sp³-hybridized carbons (Fsp3) is 0.278. The van der Waals surface area contributed by atoms with Crippen LogP contribution in [0.4, 0.5) is 11.4 Å². The molecular formula is C18H19N5O4. The van der Waals surface area contributed by atoms with Crippen molar-refractivity contribution in [3.63, 3.8) is 0 Å². The Kier molecular flexibility index (Phi) is 5.30. The maximum absolute atomic E-state index is 12.7. The van der Waals surface area contributed by atoms with Crippen molar-refractivity contribution in [2.75, 3.05) is 31.9 Å². The van der Waals surface area contributed by atoms with Crippen LogP contribution in [0.2, 0.25) is 0 Å². The standard InChI is InChI=1S/C18H19N5O4/c19-15-3-2-14(12-16(15)23(26)27)18(25)22-9-1-8-21(10-11-22)17(24)13-4-6-20-7-5-13/h2-7,12H,1,8-11,19H2. The molecule has 9 heteroatoms. The molecule has 0 saturated carbocycles. The predicted octanol–water partition coefficient (Wildman–Crippen LogP) is 1.56. The highest BCUT2D eigenvalue weighted by atomic mass is 16.6. The van der Waals surface area contributed by atoms with Gasteiger partial charge in [0.1, 0.15) is 5.69 Å². The zero-order chi connectivity index (χ0) is 19.4. The van der Waals surface area contributed by atoms with E-state index < -0.39 is 4.92 Å². The van der Waals surface area contributed by atoms with E-state index in [1.807, 2.05) is 0 Å². The molecule has 0 spiro atoms. The number of rotatable bonds is 3. The largest absolute Gasteiger partial charge is 0.393 e. The van der Waals surface area contributed by atoms with E-state index in [2.05, 4.69) is 4.98 Å². The van der Waals surface area contributed by atoms with E-state index in [0.717, 1.165) is 0 Å². The van der Waals surface area contributed by atoms with E-state index in [4.69, 9.17) is 5.73 Å². The zero-order valence-corrected chi connectivity index (χ0v) is 14.6. The fourth-order valence-electron chi connectivity index (χ4n) is 3.02. The lowest BCUT2D eigenvalue weighted by Crippen LogP contribution is -2.37. The van der Waals surface area contributed by atoms with Crippen LogP contribution in [0.15, 0.2) is 42.7 Å². The molecule has 1 aliphatic rings. The van der Waals surface area contributed by atoms with Gasteiger partial charge < -0.3 is 15.5 Å². The summed E-state index contributed by atoms with van der Waals surface area (Å²) in [6.07, 6.45) is 3.75. The number of nitrogen functional groups attached to an aromatic ring is 1. The Labute approximate surface area is 155 Å². The predicted molar refractivity (Wildman–Crippen MR) is 98.2 cm³/mol. The number of pyridine rings is 1. The monoisotopic (exact) mass is 369 g/mol. The number of nitrogens with two attached hydrogens (primary N) is 1. The summed E-state index contributed by atoms with van der Waals surface area (Å²) in [5, 5.41) is 11.0. The van der Waals surface area contributed by atoms with Crippen LogP contribution in [0.25, 0.3) is 0 Å². The van der Waals surface area contributed by atoms with Crippen molar-refractivity contribution in [3.8, 4) is 0 Å². The fourth-order valence-corrected chi connectivity index (χ4v) is 3.02. The second kappa shape index (κ2) is 7.81. The number of nitrogens with zero attached hydrogens (tertiary/aromatic N) is 4. The van der Waals surface area contributed by atoms with Crippen molar-refractivity contribution >= 4 is 23.2 Å². The summed E-state index contributed by atoms with van der Waals surface area (Å²) in [5.41, 5.74) is 6.08. The van der Waals surface area contributed by atoms with Gasteiger partial charge in [0.25, 0.3) is 17.5 Å². The lowest BCUT2D eigenvalue weighted by Gasteiger charge is -2.22. The molecule has 0 aliphatic carbocycles. The Morgan fingerprint density at radius 2 is 1.56 bits per heavy atom. The van der Waals surface area contributed by atoms with Gasteiger partial charge in [0, 0.05) is 55.8 Å². The third kappa shape index (κ3) is 4.02. The maximum atomic E-state index is 12.7. The number of nitro benzene ring substituents is 1. The van der Waals surface area contributed by atoms with Gasteiger partial charge in [-0.25, -0.2) is 0 Å². The molecular weight excluding hydrogens is 350 g/mol. The minimum Gasteiger partial charge on any atom is -0.393 e. The summed E-state index contributed by atoms with van der Waals surface area (Å²) in [6, 6.07) is 7.35. The van der Waals surface area contributed by atoms with Crippen molar-refractivity contribution in [2.45, 2.75) is 6.42 Å². The molecule has 1 fully saturated rings. The van der Waals surface area contributed by atoms with Gasteiger partial charge in [-0.1, -0.05) is 0 Å². The SMILES string of the molecule is Nc1ccc(C(=O)N2CCCN(C(=O)c3ccncc3)CC2)cc1[N+](=O)[O-]. The van der Waals surface area contributed by atoms with E-state index >= 15 is 0 Å². The lowest BCUT2D eigenvalue weighted by atomic mass is 10.1. The first-order chi connectivity index (χ1) is 13.0. The number of nitro groups is 1. The maximum Gasteiger partial charge on any atom is 0.292 e. The Bertz CT molecular complexity index is 871. The molecule has 1 aliphatic heterocycles. The molecule has 1 aromatic carbocycles. The van der Waals surface area contributed by atoms with Gasteiger partial charge in [0.15, 0.2) is 0 Å². The van der Waals surface area contributed by atoms with Crippen molar-refractivity contribution < 1.29 is 14.5 Å². The number of amides is 2. The van der Waals surface area contributed by atoms with Gasteiger partial charge in [-0.05, 0) is 30.7 Å². The third-order valence-electron chi connectivity index (χ3n) is 4.47. The molecule has 1 saturated heterocycles. The van der Waals surface area contributed by atoms with Gasteiger partial charge in [0.05, 0.1) is 4.92 Å². The Morgan fingerprint density at radius 3 is 2.15 bits per heavy atom. The van der Waals surface area contributed by atoms with Gasteiger partial charge in [-0.3, -0.25) is 24.7 Å². The molecule has 9 nitrogen and oxygen atoms in total. The van der Waals surface area contributed by atoms with Crippen molar-refractivity contribution in [1.29, 1.82) is 0 Å². The van der Waals surface area contributed by atoms with Crippen molar-refractivity contribution in [1.82, 2.24) is 14.8 Å². The molecule has 0 unspecified atom stereocenters. The van der Waals surface area contributed by atoms with E-state index in [1.54, 1.807) is 34.3 Å². The van der Waals surface area contributed by atoms with Gasteiger partial charge in [-0.15, -0.1) is 0 Å². The van der Waals surface area contributed by atoms with Crippen LogP contribution in [0.5, 0.6) is 0 Å². The average molecular weight is 369 g/mol. The lowest BCUT2D eigenvalue weighted by molar-refractivity contribution is -0.383. The van der Waals surface area contributed by atoms with Crippen LogP contribution in [0, 0.1) is 10.1 Å². The first kappa shape index (κ1) is 18.3. The van der Waals surface area contributed by atoms with Gasteiger partial charge >= 0.3 is 0 Å². The minimum absolute atomic E-state index is 0.0153. The number of anilines is 1. The van der Waals surface area contributed by atoms with E-state index in [-0.39, 0.29) is 28.8 Å². The molecule has 1 aromatic heterocycles. The summed E-state index contributed by atoms with van der Waals surface area (Å²) in [7, 11) is 0. The van der Waals surface area contributed by atoms with E-state index in [0.29, 0.717) is 38.2 Å². The van der Waals surface area contributed by atoms with Crippen LogP contribution in [-0.4, -0.2) is 57.7 Å². The molecule has 2 N–H and O–H groups in total. The number of carbonyl (C=O) groups is 2. The van der Waals surface area contributed by atoms with Crippen LogP contribution >= 0.6 is 0 Å². The molecule has 2 heterocycles. The highest BCUT2D eigenvalue weighted by Crippen LogP contribution is 2.23. The topological polar surface area (TPSA) is 123 Å². The Hall–Kier alpha value is -3.49. The number of hydrogen-bond acceptors (Lipinski definition) is 6. The average Bonchev–Trinajstić information content (AvgIpc) is 2.94. The first-order valence-corrected chi connectivity index (χ1v) is 8.50. The third-order valence-corrected chi connectivity index (χ3v) is 4.47. The number of hydrogen-bond donors (Lipinski definition) is 1. The van der Waals surface area contributed by atoms with Gasteiger partial charge in [-0.2, -0.15) is 0 Å². The van der Waals surface area contributed by atoms with Crippen LogP contribution < -0.4 is 5.73 Å². The highest BCUT2D eigenvalue weighted by Gasteiger charge is 2.25. The number of aromatic nitrogens is 1. The number of carbonyl (C=O) groups excluding carboxylic acids is 2. The first-order valence-electron chi connectivity index (χ1n) is 8.50.